The molecule has 0 fully saturated rings. The van der Waals surface area contributed by atoms with Crippen LogP contribution in [0.2, 0.25) is 0 Å². The molecule has 0 heterocycles. The van der Waals surface area contributed by atoms with Crippen LogP contribution in [0, 0.1) is 0 Å². The van der Waals surface area contributed by atoms with Crippen molar-refractivity contribution in [2.75, 3.05) is 13.7 Å². The predicted molar refractivity (Wildman–Crippen MR) is 75.2 cm³/mol. The molecule has 4 nitrogen and oxygen atoms in total. The molecule has 0 bridgehead atoms. The molecule has 1 aromatic rings. The van der Waals surface area contributed by atoms with E-state index in [0.717, 1.165) is 24.2 Å². The molecule has 0 saturated carbocycles. The highest BCUT2D eigenvalue weighted by atomic mass is 16.5. The van der Waals surface area contributed by atoms with Gasteiger partial charge in [0.15, 0.2) is 0 Å². The Kier molecular flexibility index (Phi) is 6.97. The average molecular weight is 265 g/mol. The summed E-state index contributed by atoms with van der Waals surface area (Å²) in [6.45, 7) is 2.35. The molecule has 19 heavy (non-hydrogen) atoms. The lowest BCUT2D eigenvalue weighted by Crippen LogP contribution is -2.32. The second kappa shape index (κ2) is 8.53. The van der Waals surface area contributed by atoms with Crippen molar-refractivity contribution in [1.82, 2.24) is 5.32 Å². The highest BCUT2D eigenvalue weighted by Gasteiger charge is 2.06. The van der Waals surface area contributed by atoms with Gasteiger partial charge in [0.2, 0.25) is 5.91 Å². The summed E-state index contributed by atoms with van der Waals surface area (Å²) in [4.78, 5) is 11.6. The highest BCUT2D eigenvalue weighted by molar-refractivity contribution is 5.76. The number of methoxy groups -OCH3 is 1. The molecule has 106 valence electrons. The normalized spacial score (nSPS) is 11.9. The first-order valence-corrected chi connectivity index (χ1v) is 6.73. The van der Waals surface area contributed by atoms with Crippen molar-refractivity contribution in [3.05, 3.63) is 29.8 Å². The number of hydrogen-bond donors (Lipinski definition) is 2. The van der Waals surface area contributed by atoms with Crippen LogP contribution in [0.5, 0.6) is 5.75 Å². The molecule has 0 aliphatic rings. The number of aliphatic hydroxyl groups excluding tert-OH is 1. The maximum atomic E-state index is 11.6. The van der Waals surface area contributed by atoms with Crippen molar-refractivity contribution in [2.45, 2.75) is 38.7 Å². The molecule has 2 N–H and O–H groups in total. The van der Waals surface area contributed by atoms with Crippen molar-refractivity contribution in [1.29, 1.82) is 0 Å². The second-order valence-corrected chi connectivity index (χ2v) is 4.60. The Labute approximate surface area is 114 Å². The van der Waals surface area contributed by atoms with Crippen molar-refractivity contribution >= 4 is 5.91 Å². The molecule has 0 saturated heterocycles. The minimum atomic E-state index is -0.439. The average Bonchev–Trinajstić information content (AvgIpc) is 2.43. The fourth-order valence-electron chi connectivity index (χ4n) is 1.84. The SMILES string of the molecule is CCCC(O)CNC(=O)CCc1cccc(OC)c1. The summed E-state index contributed by atoms with van der Waals surface area (Å²) >= 11 is 0. The molecule has 4 heteroatoms. The smallest absolute Gasteiger partial charge is 0.220 e. The molecule has 0 spiro atoms. The van der Waals surface area contributed by atoms with Crippen LogP contribution in [0.25, 0.3) is 0 Å². The number of benzene rings is 1. The van der Waals surface area contributed by atoms with Crippen LogP contribution in [0.15, 0.2) is 24.3 Å². The summed E-state index contributed by atoms with van der Waals surface area (Å²) in [5, 5.41) is 12.3. The third-order valence-electron chi connectivity index (χ3n) is 2.93. The topological polar surface area (TPSA) is 58.6 Å². The minimum absolute atomic E-state index is 0.0297. The standard InChI is InChI=1S/C15H23NO3/c1-3-5-13(17)11-16-15(18)9-8-12-6-4-7-14(10-12)19-2/h4,6-7,10,13,17H,3,5,8-9,11H2,1-2H3,(H,16,18). The molecule has 0 aromatic heterocycles. The summed E-state index contributed by atoms with van der Waals surface area (Å²) in [7, 11) is 1.63. The first-order chi connectivity index (χ1) is 9.15. The minimum Gasteiger partial charge on any atom is -0.497 e. The predicted octanol–water partition coefficient (Wildman–Crippen LogP) is 1.91. The summed E-state index contributed by atoms with van der Waals surface area (Å²) < 4.78 is 5.13. The summed E-state index contributed by atoms with van der Waals surface area (Å²) in [6, 6.07) is 7.70. The molecule has 1 rings (SSSR count). The van der Waals surface area contributed by atoms with E-state index in [1.54, 1.807) is 7.11 Å². The summed E-state index contributed by atoms with van der Waals surface area (Å²) in [5.41, 5.74) is 1.07. The number of ether oxygens (including phenoxy) is 1. The van der Waals surface area contributed by atoms with E-state index in [4.69, 9.17) is 4.74 Å². The highest BCUT2D eigenvalue weighted by Crippen LogP contribution is 2.13. The van der Waals surface area contributed by atoms with Crippen LogP contribution in [0.3, 0.4) is 0 Å². The zero-order valence-electron chi connectivity index (χ0n) is 11.7. The van der Waals surface area contributed by atoms with Gasteiger partial charge in [-0.25, -0.2) is 0 Å². The fraction of sp³-hybridized carbons (Fsp3) is 0.533. The molecule has 0 aliphatic carbocycles. The van der Waals surface area contributed by atoms with E-state index in [9.17, 15) is 9.90 Å². The number of carbonyl (C=O) groups is 1. The van der Waals surface area contributed by atoms with E-state index >= 15 is 0 Å². The van der Waals surface area contributed by atoms with Crippen LogP contribution >= 0.6 is 0 Å². The van der Waals surface area contributed by atoms with Crippen LogP contribution in [0.1, 0.15) is 31.7 Å². The molecule has 1 aromatic carbocycles. The molecule has 1 atom stereocenters. The maximum Gasteiger partial charge on any atom is 0.220 e. The van der Waals surface area contributed by atoms with Gasteiger partial charge in [0.25, 0.3) is 0 Å². The molecule has 1 amide bonds. The van der Waals surface area contributed by atoms with Gasteiger partial charge in [0.1, 0.15) is 5.75 Å². The van der Waals surface area contributed by atoms with Crippen molar-refractivity contribution in [2.24, 2.45) is 0 Å². The molecule has 0 radical (unpaired) electrons. The van der Waals surface area contributed by atoms with Gasteiger partial charge in [-0.1, -0.05) is 25.5 Å². The van der Waals surface area contributed by atoms with Crippen LogP contribution in [-0.2, 0) is 11.2 Å². The lowest BCUT2D eigenvalue weighted by molar-refractivity contribution is -0.121. The van der Waals surface area contributed by atoms with Gasteiger partial charge in [-0.15, -0.1) is 0 Å². The zero-order chi connectivity index (χ0) is 14.1. The van der Waals surface area contributed by atoms with Gasteiger partial charge in [-0.05, 0) is 30.5 Å². The Balaban J connectivity index is 2.29. The van der Waals surface area contributed by atoms with Gasteiger partial charge in [0, 0.05) is 13.0 Å². The zero-order valence-corrected chi connectivity index (χ0v) is 11.7. The Morgan fingerprint density at radius 3 is 2.95 bits per heavy atom. The Hall–Kier alpha value is -1.55. The van der Waals surface area contributed by atoms with E-state index in [1.807, 2.05) is 31.2 Å². The van der Waals surface area contributed by atoms with E-state index in [0.29, 0.717) is 19.4 Å². The van der Waals surface area contributed by atoms with Crippen molar-refractivity contribution in [3.8, 4) is 5.75 Å². The van der Waals surface area contributed by atoms with Gasteiger partial charge in [-0.3, -0.25) is 4.79 Å². The number of amides is 1. The molecule has 0 aliphatic heterocycles. The summed E-state index contributed by atoms with van der Waals surface area (Å²) in [6.07, 6.45) is 2.29. The van der Waals surface area contributed by atoms with Gasteiger partial charge >= 0.3 is 0 Å². The van der Waals surface area contributed by atoms with E-state index in [1.165, 1.54) is 0 Å². The quantitative estimate of drug-likeness (QED) is 0.755. The summed E-state index contributed by atoms with van der Waals surface area (Å²) in [5.74, 6) is 0.772. The van der Waals surface area contributed by atoms with Crippen molar-refractivity contribution < 1.29 is 14.6 Å². The van der Waals surface area contributed by atoms with Gasteiger partial charge in [-0.2, -0.15) is 0 Å². The van der Waals surface area contributed by atoms with Crippen molar-refractivity contribution in [3.63, 3.8) is 0 Å². The third kappa shape index (κ3) is 6.25. The number of aryl methyl sites for hydroxylation is 1. The van der Waals surface area contributed by atoms with Gasteiger partial charge in [0.05, 0.1) is 13.2 Å². The van der Waals surface area contributed by atoms with Crippen LogP contribution < -0.4 is 10.1 Å². The number of hydrogen-bond acceptors (Lipinski definition) is 3. The third-order valence-corrected chi connectivity index (χ3v) is 2.93. The van der Waals surface area contributed by atoms with E-state index < -0.39 is 6.10 Å². The Morgan fingerprint density at radius 1 is 1.47 bits per heavy atom. The van der Waals surface area contributed by atoms with E-state index in [2.05, 4.69) is 5.32 Å². The first-order valence-electron chi connectivity index (χ1n) is 6.73. The number of carbonyl (C=O) groups excluding carboxylic acids is 1. The largest absolute Gasteiger partial charge is 0.497 e. The monoisotopic (exact) mass is 265 g/mol. The lowest BCUT2D eigenvalue weighted by atomic mass is 10.1. The first kappa shape index (κ1) is 15.5. The van der Waals surface area contributed by atoms with Crippen LogP contribution in [-0.4, -0.2) is 30.8 Å². The maximum absolute atomic E-state index is 11.6. The van der Waals surface area contributed by atoms with Gasteiger partial charge < -0.3 is 15.2 Å². The van der Waals surface area contributed by atoms with E-state index in [-0.39, 0.29) is 5.91 Å². The second-order valence-electron chi connectivity index (χ2n) is 4.60. The Morgan fingerprint density at radius 2 is 2.26 bits per heavy atom. The lowest BCUT2D eigenvalue weighted by Gasteiger charge is -2.10. The molecular formula is C15H23NO3. The number of nitrogens with one attached hydrogen (secondary N) is 1. The fourth-order valence-corrected chi connectivity index (χ4v) is 1.84. The number of aliphatic hydroxyl groups is 1. The molecular weight excluding hydrogens is 242 g/mol. The number of rotatable bonds is 8. The van der Waals surface area contributed by atoms with Crippen LogP contribution in [0.4, 0.5) is 0 Å². The molecule has 1 unspecified atom stereocenters. The Bertz CT molecular complexity index is 393.